The molecule has 2 aromatic rings. The lowest BCUT2D eigenvalue weighted by Gasteiger charge is -2.39. The number of nitrogens with one attached hydrogen (secondary N) is 1. The molecule has 0 amide bonds. The van der Waals surface area contributed by atoms with Crippen LogP contribution in [0.25, 0.3) is 0 Å². The van der Waals surface area contributed by atoms with Crippen LogP contribution in [0, 0.1) is 17.8 Å². The van der Waals surface area contributed by atoms with E-state index in [9.17, 15) is 9.59 Å². The fourth-order valence-electron chi connectivity index (χ4n) is 6.30. The molecule has 2 heterocycles. The van der Waals surface area contributed by atoms with Crippen LogP contribution in [-0.4, -0.2) is 46.0 Å². The summed E-state index contributed by atoms with van der Waals surface area (Å²) in [4.78, 5) is 23.9. The summed E-state index contributed by atoms with van der Waals surface area (Å²) in [6, 6.07) is 0. The van der Waals surface area contributed by atoms with Crippen molar-refractivity contribution in [2.45, 2.75) is 116 Å². The Balaban J connectivity index is 1.36. The van der Waals surface area contributed by atoms with E-state index in [1.165, 1.54) is 32.1 Å². The van der Waals surface area contributed by atoms with Gasteiger partial charge in [0.2, 0.25) is 0 Å². The van der Waals surface area contributed by atoms with E-state index >= 15 is 0 Å². The van der Waals surface area contributed by atoms with Gasteiger partial charge < -0.3 is 5.11 Å². The molecule has 2 aromatic heterocycles. The van der Waals surface area contributed by atoms with Crippen molar-refractivity contribution in [1.82, 2.24) is 35.0 Å². The van der Waals surface area contributed by atoms with Crippen LogP contribution < -0.4 is 5.69 Å². The molecular weight excluding hydrogens is 446 g/mol. The van der Waals surface area contributed by atoms with Gasteiger partial charge in [-0.2, -0.15) is 10.3 Å². The normalized spacial score (nSPS) is 25.1. The van der Waals surface area contributed by atoms with Gasteiger partial charge in [-0.15, -0.1) is 10.2 Å². The number of aliphatic carboxylic acids is 1. The van der Waals surface area contributed by atoms with Crippen molar-refractivity contribution >= 4 is 5.97 Å². The van der Waals surface area contributed by atoms with Gasteiger partial charge in [-0.25, -0.2) is 9.48 Å². The molecule has 0 aromatic carbocycles. The third-order valence-electron chi connectivity index (χ3n) is 8.21. The highest BCUT2D eigenvalue weighted by Crippen LogP contribution is 2.46. The maximum Gasteiger partial charge on any atom is 0.345 e. The largest absolute Gasteiger partial charge is 0.481 e. The van der Waals surface area contributed by atoms with Crippen molar-refractivity contribution in [1.29, 1.82) is 0 Å². The van der Waals surface area contributed by atoms with Crippen LogP contribution in [0.15, 0.2) is 4.79 Å². The molecule has 0 radical (unpaired) electrons. The second-order valence-corrected chi connectivity index (χ2v) is 10.6. The number of aromatic nitrogens is 7. The van der Waals surface area contributed by atoms with Crippen molar-refractivity contribution < 1.29 is 9.90 Å². The molecule has 0 aliphatic heterocycles. The summed E-state index contributed by atoms with van der Waals surface area (Å²) < 4.78 is 3.48. The molecule has 0 spiro atoms. The molecule has 2 unspecified atom stereocenters. The summed E-state index contributed by atoms with van der Waals surface area (Å²) in [5, 5.41) is 28.6. The van der Waals surface area contributed by atoms with Crippen molar-refractivity contribution in [3.05, 3.63) is 22.1 Å². The Morgan fingerprint density at radius 1 is 1.09 bits per heavy atom. The van der Waals surface area contributed by atoms with Gasteiger partial charge >= 0.3 is 11.7 Å². The zero-order valence-electron chi connectivity index (χ0n) is 21.1. The Bertz CT molecular complexity index is 976. The first-order valence-corrected chi connectivity index (χ1v) is 13.7. The summed E-state index contributed by atoms with van der Waals surface area (Å²) in [5.74, 6) is 3.25. The van der Waals surface area contributed by atoms with E-state index in [4.69, 9.17) is 5.11 Å². The van der Waals surface area contributed by atoms with Crippen LogP contribution in [0.3, 0.4) is 0 Å². The number of carbonyl (C=O) groups is 1. The van der Waals surface area contributed by atoms with Crippen molar-refractivity contribution in [3.63, 3.8) is 0 Å². The second-order valence-electron chi connectivity index (χ2n) is 10.6. The first kappa shape index (κ1) is 25.6. The molecule has 2 atom stereocenters. The van der Waals surface area contributed by atoms with Crippen molar-refractivity contribution in [3.8, 4) is 0 Å². The molecule has 10 heteroatoms. The average molecular weight is 488 g/mol. The molecule has 2 N–H and O–H groups in total. The van der Waals surface area contributed by atoms with E-state index in [1.807, 2.05) is 4.57 Å². The van der Waals surface area contributed by atoms with E-state index in [2.05, 4.69) is 32.6 Å². The van der Waals surface area contributed by atoms with Crippen LogP contribution in [-0.2, 0) is 24.3 Å². The van der Waals surface area contributed by atoms with Gasteiger partial charge in [0.05, 0.1) is 0 Å². The number of carboxylic acid groups (broad SMARTS) is 1. The lowest BCUT2D eigenvalue weighted by Crippen LogP contribution is -2.32. The number of H-pyrrole nitrogens is 1. The number of hydrogen-bond acceptors (Lipinski definition) is 6. The molecule has 2 saturated carbocycles. The lowest BCUT2D eigenvalue weighted by atomic mass is 9.66. The maximum atomic E-state index is 13.2. The van der Waals surface area contributed by atoms with Gasteiger partial charge in [-0.3, -0.25) is 9.36 Å². The fraction of sp³-hybridized carbons (Fsp3) is 0.840. The van der Waals surface area contributed by atoms with Gasteiger partial charge in [0, 0.05) is 31.8 Å². The molecular formula is C25H41N7O3. The van der Waals surface area contributed by atoms with Gasteiger partial charge in [0.1, 0.15) is 5.82 Å². The van der Waals surface area contributed by atoms with Crippen LogP contribution in [0.5, 0.6) is 0 Å². The van der Waals surface area contributed by atoms with E-state index in [-0.39, 0.29) is 12.1 Å². The molecule has 35 heavy (non-hydrogen) atoms. The summed E-state index contributed by atoms with van der Waals surface area (Å²) in [7, 11) is 0. The van der Waals surface area contributed by atoms with Gasteiger partial charge in [0.15, 0.2) is 5.82 Å². The SMILES string of the molecule is CCCCc1nn(CCCCC(=O)O)c(=O)n1CC1CCC(C2CCCCC2c2nn[nH]n2)CC1. The van der Waals surface area contributed by atoms with Gasteiger partial charge in [0.25, 0.3) is 0 Å². The van der Waals surface area contributed by atoms with Gasteiger partial charge in [-0.05, 0) is 75.5 Å². The summed E-state index contributed by atoms with van der Waals surface area (Å²) in [5.41, 5.74) is -0.0296. The topological polar surface area (TPSA) is 132 Å². The van der Waals surface area contributed by atoms with Crippen LogP contribution in [0.4, 0.5) is 0 Å². The fourth-order valence-corrected chi connectivity index (χ4v) is 6.30. The third-order valence-corrected chi connectivity index (χ3v) is 8.21. The number of hydrogen-bond donors (Lipinski definition) is 2. The zero-order chi connectivity index (χ0) is 24.6. The van der Waals surface area contributed by atoms with E-state index in [0.29, 0.717) is 43.1 Å². The molecule has 0 saturated heterocycles. The minimum Gasteiger partial charge on any atom is -0.481 e. The predicted molar refractivity (Wildman–Crippen MR) is 131 cm³/mol. The second kappa shape index (κ2) is 12.4. The highest BCUT2D eigenvalue weighted by molar-refractivity contribution is 5.66. The highest BCUT2D eigenvalue weighted by Gasteiger charge is 2.37. The minimum atomic E-state index is -0.793. The molecule has 10 nitrogen and oxygen atoms in total. The number of aromatic amines is 1. The van der Waals surface area contributed by atoms with Crippen molar-refractivity contribution in [2.24, 2.45) is 17.8 Å². The van der Waals surface area contributed by atoms with E-state index < -0.39 is 5.97 Å². The number of unbranched alkanes of at least 4 members (excludes halogenated alkanes) is 2. The van der Waals surface area contributed by atoms with Crippen LogP contribution in [0.1, 0.15) is 108 Å². The predicted octanol–water partition coefficient (Wildman–Crippen LogP) is 3.94. The Hall–Kier alpha value is -2.52. The molecule has 2 aliphatic rings. The Morgan fingerprint density at radius 3 is 2.60 bits per heavy atom. The minimum absolute atomic E-state index is 0.0296. The summed E-state index contributed by atoms with van der Waals surface area (Å²) in [6.07, 6.45) is 13.9. The standard InChI is InChI=1S/C25H41N7O3/c1-2-3-10-22-28-32(16-7-6-11-23(33)34)25(35)31(22)17-18-12-14-19(15-13-18)20-8-4-5-9-21(20)24-26-29-30-27-24/h18-21H,2-17H2,1H3,(H,33,34)(H,26,27,29,30). The first-order valence-electron chi connectivity index (χ1n) is 13.7. The third kappa shape index (κ3) is 6.58. The Labute approximate surface area is 206 Å². The first-order chi connectivity index (χ1) is 17.1. The number of aryl methyl sites for hydroxylation is 2. The van der Waals surface area contributed by atoms with E-state index in [0.717, 1.165) is 56.7 Å². The molecule has 194 valence electrons. The summed E-state index contributed by atoms with van der Waals surface area (Å²) in [6.45, 7) is 3.39. The highest BCUT2D eigenvalue weighted by atomic mass is 16.4. The van der Waals surface area contributed by atoms with Crippen molar-refractivity contribution in [2.75, 3.05) is 0 Å². The van der Waals surface area contributed by atoms with E-state index in [1.54, 1.807) is 4.68 Å². The van der Waals surface area contributed by atoms with Gasteiger partial charge in [-0.1, -0.05) is 31.4 Å². The molecule has 0 bridgehead atoms. The summed E-state index contributed by atoms with van der Waals surface area (Å²) >= 11 is 0. The Kier molecular flexibility index (Phi) is 9.09. The van der Waals surface area contributed by atoms with Crippen LogP contribution in [0.2, 0.25) is 0 Å². The smallest absolute Gasteiger partial charge is 0.345 e. The zero-order valence-corrected chi connectivity index (χ0v) is 21.1. The quantitative estimate of drug-likeness (QED) is 0.433. The Morgan fingerprint density at radius 2 is 1.89 bits per heavy atom. The average Bonchev–Trinajstić information content (AvgIpc) is 3.50. The van der Waals surface area contributed by atoms with Crippen LogP contribution >= 0.6 is 0 Å². The maximum absolute atomic E-state index is 13.2. The number of carboxylic acids is 1. The number of nitrogens with zero attached hydrogens (tertiary/aromatic N) is 6. The molecule has 2 fully saturated rings. The molecule has 2 aliphatic carbocycles. The lowest BCUT2D eigenvalue weighted by molar-refractivity contribution is -0.137. The number of tetrazole rings is 1. The monoisotopic (exact) mass is 487 g/mol. The number of rotatable bonds is 12. The molecule has 4 rings (SSSR count).